The first kappa shape index (κ1) is 13.3. The van der Waals surface area contributed by atoms with Gasteiger partial charge in [-0.1, -0.05) is 22.9 Å². The first-order valence-corrected chi connectivity index (χ1v) is 7.27. The molecular formula is C11H10BrNO4S. The second kappa shape index (κ2) is 4.83. The molecule has 0 saturated heterocycles. The van der Waals surface area contributed by atoms with Crippen LogP contribution >= 0.6 is 15.9 Å². The molecule has 2 aromatic rings. The van der Waals surface area contributed by atoms with E-state index < -0.39 is 10.1 Å². The Morgan fingerprint density at radius 1 is 1.39 bits per heavy atom. The minimum absolute atomic E-state index is 0.104. The van der Waals surface area contributed by atoms with Crippen LogP contribution in [0.3, 0.4) is 0 Å². The van der Waals surface area contributed by atoms with E-state index in [9.17, 15) is 8.42 Å². The maximum Gasteiger partial charge on any atom is 0.294 e. The number of halogens is 1. The summed E-state index contributed by atoms with van der Waals surface area (Å²) >= 11 is 3.12. The van der Waals surface area contributed by atoms with Crippen LogP contribution in [0.25, 0.3) is 0 Å². The fourth-order valence-corrected chi connectivity index (χ4v) is 2.70. The highest BCUT2D eigenvalue weighted by atomic mass is 79.9. The first-order chi connectivity index (χ1) is 8.36. The van der Waals surface area contributed by atoms with Gasteiger partial charge in [-0.2, -0.15) is 8.42 Å². The Balaban J connectivity index is 2.46. The topological polar surface area (TPSA) is 80.4 Å². The largest absolute Gasteiger partial charge is 0.349 e. The average molecular weight is 332 g/mol. The van der Waals surface area contributed by atoms with Crippen molar-refractivity contribution >= 4 is 26.0 Å². The molecule has 5 nitrogen and oxygen atoms in total. The summed E-state index contributed by atoms with van der Waals surface area (Å²) in [6, 6.07) is 6.36. The fraction of sp³-hybridized carbons (Fsp3) is 0.182. The predicted molar refractivity (Wildman–Crippen MR) is 68.0 cm³/mol. The van der Waals surface area contributed by atoms with Crippen LogP contribution in [0.4, 0.5) is 0 Å². The lowest BCUT2D eigenvalue weighted by molar-refractivity contribution is 0.394. The van der Waals surface area contributed by atoms with Crippen molar-refractivity contribution in [3.8, 4) is 0 Å². The van der Waals surface area contributed by atoms with Gasteiger partial charge in [0.2, 0.25) is 4.67 Å². The van der Waals surface area contributed by atoms with Crippen LogP contribution in [0.1, 0.15) is 16.8 Å². The summed E-state index contributed by atoms with van der Waals surface area (Å²) in [5.41, 5.74) is 1.97. The van der Waals surface area contributed by atoms with E-state index in [1.165, 1.54) is 6.07 Å². The van der Waals surface area contributed by atoms with Gasteiger partial charge in [0.15, 0.2) is 0 Å². The minimum Gasteiger partial charge on any atom is -0.349 e. The van der Waals surface area contributed by atoms with E-state index in [4.69, 9.17) is 9.08 Å². The molecule has 0 atom stereocenters. The normalized spacial score (nSPS) is 11.7. The van der Waals surface area contributed by atoms with Gasteiger partial charge in [-0.3, -0.25) is 4.55 Å². The van der Waals surface area contributed by atoms with Crippen molar-refractivity contribution in [2.45, 2.75) is 18.2 Å². The van der Waals surface area contributed by atoms with Gasteiger partial charge in [0.05, 0.1) is 10.6 Å². The molecule has 0 amide bonds. The van der Waals surface area contributed by atoms with Crippen molar-refractivity contribution in [2.24, 2.45) is 0 Å². The number of aromatic nitrogens is 1. The summed E-state index contributed by atoms with van der Waals surface area (Å²) in [5.74, 6) is 0. The lowest BCUT2D eigenvalue weighted by Crippen LogP contribution is -2.04. The Labute approximate surface area is 113 Å². The van der Waals surface area contributed by atoms with Crippen LogP contribution in [0.15, 0.2) is 38.4 Å². The van der Waals surface area contributed by atoms with Crippen LogP contribution in [-0.4, -0.2) is 18.1 Å². The van der Waals surface area contributed by atoms with Crippen molar-refractivity contribution < 1.29 is 17.5 Å². The summed E-state index contributed by atoms with van der Waals surface area (Å²) < 4.78 is 37.0. The highest BCUT2D eigenvalue weighted by Crippen LogP contribution is 2.21. The molecule has 18 heavy (non-hydrogen) atoms. The van der Waals surface area contributed by atoms with Crippen LogP contribution < -0.4 is 0 Å². The molecule has 0 aliphatic carbocycles. The monoisotopic (exact) mass is 331 g/mol. The second-order valence-corrected chi connectivity index (χ2v) is 6.06. The summed E-state index contributed by atoms with van der Waals surface area (Å²) in [6.07, 6.45) is 0.270. The maximum absolute atomic E-state index is 11.3. The Hall–Kier alpha value is -1.18. The van der Waals surface area contributed by atoms with Gasteiger partial charge in [0.25, 0.3) is 10.1 Å². The third kappa shape index (κ3) is 2.98. The Morgan fingerprint density at radius 2 is 2.11 bits per heavy atom. The molecule has 1 aromatic carbocycles. The van der Waals surface area contributed by atoms with Gasteiger partial charge in [0.1, 0.15) is 0 Å². The number of nitrogens with zero attached hydrogens (tertiary/aromatic N) is 1. The zero-order chi connectivity index (χ0) is 13.3. The van der Waals surface area contributed by atoms with E-state index in [2.05, 4.69) is 21.1 Å². The molecular weight excluding hydrogens is 322 g/mol. The van der Waals surface area contributed by atoms with E-state index in [1.807, 2.05) is 6.92 Å². The molecule has 1 aromatic heterocycles. The Bertz CT molecular complexity index is 678. The van der Waals surface area contributed by atoms with Crippen molar-refractivity contribution in [2.75, 3.05) is 0 Å². The van der Waals surface area contributed by atoms with E-state index in [-0.39, 0.29) is 11.3 Å². The van der Waals surface area contributed by atoms with E-state index >= 15 is 0 Å². The second-order valence-electron chi connectivity index (χ2n) is 3.89. The molecule has 0 fully saturated rings. The lowest BCUT2D eigenvalue weighted by atomic mass is 10.1. The molecule has 1 heterocycles. The smallest absolute Gasteiger partial charge is 0.294 e. The summed E-state index contributed by atoms with van der Waals surface area (Å²) in [5, 5.41) is 3.77. The van der Waals surface area contributed by atoms with Crippen LogP contribution in [0, 0.1) is 6.92 Å². The number of benzene rings is 1. The quantitative estimate of drug-likeness (QED) is 0.874. The van der Waals surface area contributed by atoms with Crippen molar-refractivity contribution in [3.63, 3.8) is 0 Å². The van der Waals surface area contributed by atoms with Gasteiger partial charge in [-0.15, -0.1) is 0 Å². The van der Waals surface area contributed by atoms with Crippen molar-refractivity contribution in [1.29, 1.82) is 0 Å². The first-order valence-electron chi connectivity index (χ1n) is 5.04. The van der Waals surface area contributed by atoms with E-state index in [0.717, 1.165) is 5.56 Å². The molecule has 0 radical (unpaired) electrons. The zero-order valence-corrected chi connectivity index (χ0v) is 11.8. The van der Waals surface area contributed by atoms with Gasteiger partial charge in [0, 0.05) is 12.5 Å². The van der Waals surface area contributed by atoms with Gasteiger partial charge in [-0.25, -0.2) is 0 Å². The summed E-state index contributed by atoms with van der Waals surface area (Å²) in [6.45, 7) is 1.84. The third-order valence-corrected chi connectivity index (χ3v) is 3.72. The average Bonchev–Trinajstić information content (AvgIpc) is 2.62. The molecule has 0 unspecified atom stereocenters. The predicted octanol–water partition coefficient (Wildman–Crippen LogP) is 2.58. The molecule has 0 aliphatic rings. The van der Waals surface area contributed by atoms with Crippen LogP contribution in [0.5, 0.6) is 0 Å². The highest BCUT2D eigenvalue weighted by molar-refractivity contribution is 9.10. The molecule has 96 valence electrons. The summed E-state index contributed by atoms with van der Waals surface area (Å²) in [4.78, 5) is -0.104. The van der Waals surface area contributed by atoms with Crippen LogP contribution in [-0.2, 0) is 16.5 Å². The van der Waals surface area contributed by atoms with E-state index in [1.54, 1.807) is 18.2 Å². The number of hydrogen-bond donors (Lipinski definition) is 1. The Kier molecular flexibility index (Phi) is 3.56. The molecule has 0 bridgehead atoms. The SMILES string of the molecule is Cc1ccc(S(=O)(=O)O)c(Cc2cc(Br)on2)c1. The molecule has 0 saturated carbocycles. The highest BCUT2D eigenvalue weighted by Gasteiger charge is 2.16. The molecule has 0 spiro atoms. The van der Waals surface area contributed by atoms with Gasteiger partial charge >= 0.3 is 0 Å². The van der Waals surface area contributed by atoms with Crippen molar-refractivity contribution in [1.82, 2.24) is 5.16 Å². The van der Waals surface area contributed by atoms with E-state index in [0.29, 0.717) is 15.9 Å². The van der Waals surface area contributed by atoms with Gasteiger partial charge < -0.3 is 4.52 Å². The molecule has 7 heteroatoms. The number of hydrogen-bond acceptors (Lipinski definition) is 4. The van der Waals surface area contributed by atoms with Crippen LogP contribution in [0.2, 0.25) is 0 Å². The Morgan fingerprint density at radius 3 is 2.67 bits per heavy atom. The van der Waals surface area contributed by atoms with Gasteiger partial charge in [-0.05, 0) is 34.5 Å². The molecule has 1 N–H and O–H groups in total. The molecule has 2 rings (SSSR count). The maximum atomic E-state index is 11.3. The van der Waals surface area contributed by atoms with Crippen molar-refractivity contribution in [3.05, 3.63) is 45.8 Å². The molecule has 0 aliphatic heterocycles. The zero-order valence-electron chi connectivity index (χ0n) is 9.42. The minimum atomic E-state index is -4.23. The third-order valence-electron chi connectivity index (χ3n) is 2.40. The standard InChI is InChI=1S/C11H10BrNO4S/c1-7-2-3-10(18(14,15)16)8(4-7)5-9-6-11(12)17-13-9/h2-4,6H,5H2,1H3,(H,14,15,16). The summed E-state index contributed by atoms with van der Waals surface area (Å²) in [7, 11) is -4.23. The number of rotatable bonds is 3. The lowest BCUT2D eigenvalue weighted by Gasteiger charge is -2.06. The number of aryl methyl sites for hydroxylation is 1. The fourth-order valence-electron chi connectivity index (χ4n) is 1.66.